The van der Waals surface area contributed by atoms with Crippen molar-refractivity contribution in [2.75, 3.05) is 12.4 Å². The van der Waals surface area contributed by atoms with Gasteiger partial charge in [-0.15, -0.1) is 0 Å². The maximum absolute atomic E-state index is 11.5. The monoisotopic (exact) mass is 278 g/mol. The van der Waals surface area contributed by atoms with Gasteiger partial charge in [-0.3, -0.25) is 4.79 Å². The third-order valence-corrected chi connectivity index (χ3v) is 3.69. The lowest BCUT2D eigenvalue weighted by Gasteiger charge is -2.07. The lowest BCUT2D eigenvalue weighted by molar-refractivity contribution is -0.147. The van der Waals surface area contributed by atoms with Gasteiger partial charge in [0.2, 0.25) is 0 Å². The molecule has 19 heavy (non-hydrogen) atoms. The molecule has 1 aromatic carbocycles. The molecule has 0 unspecified atom stereocenters. The zero-order chi connectivity index (χ0) is 13.8. The number of anilines is 1. The van der Waals surface area contributed by atoms with Crippen LogP contribution in [0.25, 0.3) is 10.2 Å². The fourth-order valence-corrected chi connectivity index (χ4v) is 2.68. The number of aryl methyl sites for hydroxylation is 1. The first-order valence-corrected chi connectivity index (χ1v) is 7.17. The molecule has 0 atom stereocenters. The van der Waals surface area contributed by atoms with Crippen LogP contribution in [0.1, 0.15) is 25.8 Å². The van der Waals surface area contributed by atoms with Crippen LogP contribution in [0.15, 0.2) is 18.2 Å². The Morgan fingerprint density at radius 3 is 2.95 bits per heavy atom. The third-order valence-electron chi connectivity index (χ3n) is 2.65. The van der Waals surface area contributed by atoms with Crippen LogP contribution in [0.2, 0.25) is 0 Å². The summed E-state index contributed by atoms with van der Waals surface area (Å²) in [4.78, 5) is 15.9. The van der Waals surface area contributed by atoms with Crippen LogP contribution >= 0.6 is 11.3 Å². The van der Waals surface area contributed by atoms with E-state index in [0.29, 0.717) is 12.8 Å². The first-order chi connectivity index (χ1) is 9.08. The third kappa shape index (κ3) is 3.67. The van der Waals surface area contributed by atoms with Gasteiger partial charge in [-0.1, -0.05) is 17.4 Å². The number of rotatable bonds is 5. The quantitative estimate of drug-likeness (QED) is 0.853. The van der Waals surface area contributed by atoms with E-state index in [1.54, 1.807) is 11.3 Å². The molecule has 1 N–H and O–H groups in total. The van der Waals surface area contributed by atoms with Gasteiger partial charge in [0, 0.05) is 13.5 Å². The van der Waals surface area contributed by atoms with Crippen LogP contribution in [-0.4, -0.2) is 24.1 Å². The molecule has 1 heterocycles. The number of carbonyl (C=O) groups is 1. The number of fused-ring (bicyclic) bond motifs is 1. The lowest BCUT2D eigenvalue weighted by Crippen LogP contribution is -2.11. The van der Waals surface area contributed by atoms with Crippen LogP contribution in [0.3, 0.4) is 0 Å². The number of nitrogens with zero attached hydrogens (tertiary/aromatic N) is 1. The van der Waals surface area contributed by atoms with Gasteiger partial charge < -0.3 is 10.1 Å². The van der Waals surface area contributed by atoms with E-state index in [4.69, 9.17) is 4.74 Å². The van der Waals surface area contributed by atoms with Crippen molar-refractivity contribution in [2.24, 2.45) is 0 Å². The first-order valence-electron chi connectivity index (χ1n) is 6.35. The molecule has 0 spiro atoms. The van der Waals surface area contributed by atoms with E-state index >= 15 is 0 Å². The van der Waals surface area contributed by atoms with Gasteiger partial charge in [0.05, 0.1) is 16.3 Å². The zero-order valence-electron chi connectivity index (χ0n) is 11.4. The Balaban J connectivity index is 2.03. The van der Waals surface area contributed by atoms with Crippen molar-refractivity contribution < 1.29 is 9.53 Å². The molecule has 4 nitrogen and oxygen atoms in total. The van der Waals surface area contributed by atoms with Crippen molar-refractivity contribution in [3.05, 3.63) is 23.8 Å². The predicted molar refractivity (Wildman–Crippen MR) is 78.7 cm³/mol. The van der Waals surface area contributed by atoms with Gasteiger partial charge in [-0.2, -0.15) is 0 Å². The van der Waals surface area contributed by atoms with E-state index in [1.165, 1.54) is 0 Å². The summed E-state index contributed by atoms with van der Waals surface area (Å²) in [5, 5.41) is 3.95. The molecule has 1 aromatic heterocycles. The molecule has 102 valence electrons. The second kappa shape index (κ2) is 6.02. The average molecular weight is 278 g/mol. The van der Waals surface area contributed by atoms with Crippen LogP contribution in [0, 0.1) is 0 Å². The van der Waals surface area contributed by atoms with E-state index in [1.807, 2.05) is 33.0 Å². The van der Waals surface area contributed by atoms with Gasteiger partial charge in [0.15, 0.2) is 5.13 Å². The molecule has 0 bridgehead atoms. The summed E-state index contributed by atoms with van der Waals surface area (Å²) in [7, 11) is 1.86. The number of hydrogen-bond acceptors (Lipinski definition) is 5. The molecule has 5 heteroatoms. The molecule has 2 rings (SSSR count). The molecule has 0 fully saturated rings. The van der Waals surface area contributed by atoms with Crippen LogP contribution in [-0.2, 0) is 16.0 Å². The Labute approximate surface area is 116 Å². The standard InChI is InChI=1S/C14H18N2O2S/c1-9(2)18-13(17)7-5-10-4-6-11-12(8-10)19-14(15-3)16-11/h4,6,8-9H,5,7H2,1-3H3,(H,15,16). The number of nitrogens with one attached hydrogen (secondary N) is 1. The zero-order valence-corrected chi connectivity index (χ0v) is 12.2. The summed E-state index contributed by atoms with van der Waals surface area (Å²) >= 11 is 1.62. The summed E-state index contributed by atoms with van der Waals surface area (Å²) in [5.74, 6) is -0.143. The van der Waals surface area contributed by atoms with Crippen molar-refractivity contribution >= 4 is 32.7 Å². The van der Waals surface area contributed by atoms with Crippen LogP contribution in [0.4, 0.5) is 5.13 Å². The van der Waals surface area contributed by atoms with Gasteiger partial charge in [-0.05, 0) is 38.0 Å². The summed E-state index contributed by atoms with van der Waals surface area (Å²) in [5.41, 5.74) is 2.13. The highest BCUT2D eigenvalue weighted by molar-refractivity contribution is 7.22. The molecular weight excluding hydrogens is 260 g/mol. The number of thiazole rings is 1. The summed E-state index contributed by atoms with van der Waals surface area (Å²) in [6.07, 6.45) is 1.07. The predicted octanol–water partition coefficient (Wildman–Crippen LogP) is 3.22. The van der Waals surface area contributed by atoms with Gasteiger partial charge >= 0.3 is 5.97 Å². The molecule has 0 saturated carbocycles. The first kappa shape index (κ1) is 13.8. The molecular formula is C14H18N2O2S. The average Bonchev–Trinajstić information content (AvgIpc) is 2.77. The minimum atomic E-state index is -0.143. The highest BCUT2D eigenvalue weighted by Crippen LogP contribution is 2.26. The fourth-order valence-electron chi connectivity index (χ4n) is 1.80. The maximum Gasteiger partial charge on any atom is 0.306 e. The summed E-state index contributed by atoms with van der Waals surface area (Å²) < 4.78 is 6.26. The number of aromatic nitrogens is 1. The highest BCUT2D eigenvalue weighted by atomic mass is 32.1. The molecule has 0 aliphatic heterocycles. The highest BCUT2D eigenvalue weighted by Gasteiger charge is 2.07. The smallest absolute Gasteiger partial charge is 0.306 e. The normalized spacial score (nSPS) is 10.9. The van der Waals surface area contributed by atoms with Gasteiger partial charge in [-0.25, -0.2) is 4.98 Å². The maximum atomic E-state index is 11.5. The molecule has 0 radical (unpaired) electrons. The van der Waals surface area contributed by atoms with E-state index in [-0.39, 0.29) is 12.1 Å². The van der Waals surface area contributed by atoms with Crippen molar-refractivity contribution in [1.82, 2.24) is 4.98 Å². The number of carbonyl (C=O) groups excluding carboxylic acids is 1. The molecule has 0 amide bonds. The van der Waals surface area contributed by atoms with Crippen molar-refractivity contribution in [3.63, 3.8) is 0 Å². The Morgan fingerprint density at radius 2 is 2.26 bits per heavy atom. The topological polar surface area (TPSA) is 51.2 Å². The Morgan fingerprint density at radius 1 is 1.47 bits per heavy atom. The van der Waals surface area contributed by atoms with E-state index in [2.05, 4.69) is 16.4 Å². The minimum Gasteiger partial charge on any atom is -0.463 e. The van der Waals surface area contributed by atoms with Crippen LogP contribution in [0.5, 0.6) is 0 Å². The molecule has 0 saturated heterocycles. The SMILES string of the molecule is CNc1nc2ccc(CCC(=O)OC(C)C)cc2s1. The van der Waals surface area contributed by atoms with Crippen molar-refractivity contribution in [2.45, 2.75) is 32.8 Å². The van der Waals surface area contributed by atoms with E-state index in [0.717, 1.165) is 20.9 Å². The lowest BCUT2D eigenvalue weighted by atomic mass is 10.1. The van der Waals surface area contributed by atoms with Crippen molar-refractivity contribution in [1.29, 1.82) is 0 Å². The summed E-state index contributed by atoms with van der Waals surface area (Å²) in [6.45, 7) is 3.72. The minimum absolute atomic E-state index is 0.0466. The van der Waals surface area contributed by atoms with Gasteiger partial charge in [0.1, 0.15) is 0 Å². The second-order valence-corrected chi connectivity index (χ2v) is 5.64. The summed E-state index contributed by atoms with van der Waals surface area (Å²) in [6, 6.07) is 6.11. The number of hydrogen-bond donors (Lipinski definition) is 1. The second-order valence-electron chi connectivity index (χ2n) is 4.61. The van der Waals surface area contributed by atoms with E-state index < -0.39 is 0 Å². The number of benzene rings is 1. The Hall–Kier alpha value is -1.62. The molecule has 0 aliphatic carbocycles. The van der Waals surface area contributed by atoms with Crippen LogP contribution < -0.4 is 5.32 Å². The largest absolute Gasteiger partial charge is 0.463 e. The number of esters is 1. The molecule has 2 aromatic rings. The van der Waals surface area contributed by atoms with E-state index in [9.17, 15) is 4.79 Å². The Kier molecular flexibility index (Phi) is 4.37. The Bertz CT molecular complexity index is 578. The number of ether oxygens (including phenoxy) is 1. The fraction of sp³-hybridized carbons (Fsp3) is 0.429. The molecule has 0 aliphatic rings. The van der Waals surface area contributed by atoms with Gasteiger partial charge in [0.25, 0.3) is 0 Å². The van der Waals surface area contributed by atoms with Crippen molar-refractivity contribution in [3.8, 4) is 0 Å².